The molecule has 6 aliphatic heterocycles. The maximum absolute atomic E-state index is 11.3. The Kier molecular flexibility index (Phi) is 19.3. The van der Waals surface area contributed by atoms with E-state index >= 15 is 0 Å². The van der Waals surface area contributed by atoms with Gasteiger partial charge in [0.1, 0.15) is 79.4 Å². The van der Waals surface area contributed by atoms with E-state index in [1.807, 2.05) is 0 Å². The third-order valence-corrected chi connectivity index (χ3v) is 11.5. The number of aliphatic carboxylic acids is 1. The van der Waals surface area contributed by atoms with E-state index in [1.165, 1.54) is 0 Å². The Labute approximate surface area is 384 Å². The summed E-state index contributed by atoms with van der Waals surface area (Å²) >= 11 is 0. The molecule has 6 fully saturated rings. The summed E-state index contributed by atoms with van der Waals surface area (Å²) in [7, 11) is 0. The number of rotatable bonds is 29. The zero-order valence-electron chi connectivity index (χ0n) is 35.9. The van der Waals surface area contributed by atoms with E-state index in [0.717, 1.165) is 6.42 Å². The number of carboxylic acids is 1. The number of aliphatic hydroxyl groups is 15. The molecule has 392 valence electrons. The van der Waals surface area contributed by atoms with Crippen LogP contribution in [0.5, 0.6) is 0 Å². The van der Waals surface area contributed by atoms with Gasteiger partial charge in [0.05, 0.1) is 19.1 Å². The van der Waals surface area contributed by atoms with Crippen molar-refractivity contribution in [2.45, 2.75) is 181 Å². The first-order valence-electron chi connectivity index (χ1n) is 21.6. The zero-order valence-corrected chi connectivity index (χ0v) is 35.9. The Morgan fingerprint density at radius 1 is 0.574 bits per heavy atom. The Hall–Kier alpha value is -2.81. The van der Waals surface area contributed by atoms with E-state index in [2.05, 4.69) is 0 Å². The first kappa shape index (κ1) is 54.5. The number of epoxide rings is 3. The smallest absolute Gasteiger partial charge is 0.306 e. The lowest BCUT2D eigenvalue weighted by atomic mass is 10.0. The van der Waals surface area contributed by atoms with Crippen molar-refractivity contribution in [3.63, 3.8) is 0 Å². The Bertz CT molecular complexity index is 1690. The van der Waals surface area contributed by atoms with E-state index in [-0.39, 0.29) is 6.61 Å². The molecule has 18 N–H and O–H groups in total. The monoisotopic (exact) mass is 995 g/mol. The molecule has 23 atom stereocenters. The van der Waals surface area contributed by atoms with Crippen molar-refractivity contribution in [1.82, 2.24) is 0 Å². The number of fused-ring (bicyclic) bond motifs is 3. The van der Waals surface area contributed by atoms with Gasteiger partial charge in [0.15, 0.2) is 67.1 Å². The molecule has 0 aromatic carbocycles. The van der Waals surface area contributed by atoms with Crippen LogP contribution in [0, 0.1) is 0 Å². The Balaban J connectivity index is 1.17. The summed E-state index contributed by atoms with van der Waals surface area (Å²) in [5.41, 5.74) is 5.54. The van der Waals surface area contributed by atoms with Gasteiger partial charge in [-0.25, -0.2) is 0 Å². The average Bonchev–Trinajstić information content (AvgIpc) is 4.21. The number of carboxylic acid groups (broad SMARTS) is 1. The zero-order chi connectivity index (χ0) is 49.7. The van der Waals surface area contributed by atoms with Crippen molar-refractivity contribution in [2.24, 2.45) is 5.73 Å². The molecule has 0 aliphatic carbocycles. The van der Waals surface area contributed by atoms with Crippen molar-refractivity contribution in [2.75, 3.05) is 26.4 Å². The third kappa shape index (κ3) is 13.4. The van der Waals surface area contributed by atoms with Gasteiger partial charge in [0.25, 0.3) is 0 Å². The number of aliphatic hydroxyl groups excluding tert-OH is 15. The van der Waals surface area contributed by atoms with E-state index < -0.39 is 204 Å². The van der Waals surface area contributed by atoms with Crippen LogP contribution >= 0.6 is 0 Å². The highest BCUT2D eigenvalue weighted by atomic mass is 16.9. The van der Waals surface area contributed by atoms with Crippen LogP contribution in [0.25, 0.3) is 0 Å². The summed E-state index contributed by atoms with van der Waals surface area (Å²) in [5, 5.41) is 167. The quantitative estimate of drug-likeness (QED) is 0.0143. The summed E-state index contributed by atoms with van der Waals surface area (Å²) in [6, 6.07) is 0. The summed E-state index contributed by atoms with van der Waals surface area (Å²) in [5.74, 6) is -6.85. The van der Waals surface area contributed by atoms with Crippen LogP contribution in [0.4, 0.5) is 0 Å². The first-order valence-corrected chi connectivity index (χ1v) is 21.6. The van der Waals surface area contributed by atoms with Crippen molar-refractivity contribution in [3.8, 4) is 0 Å². The molecule has 30 nitrogen and oxygen atoms in total. The molecule has 6 rings (SSSR count). The molecular formula is C38H61NO29. The lowest BCUT2D eigenvalue weighted by molar-refractivity contribution is -0.330. The maximum atomic E-state index is 11.3. The summed E-state index contributed by atoms with van der Waals surface area (Å²) in [6.07, 6.45) is -38.6. The Morgan fingerprint density at radius 3 is 1.81 bits per heavy atom. The second-order valence-corrected chi connectivity index (χ2v) is 16.5. The lowest BCUT2D eigenvalue weighted by Crippen LogP contribution is -2.58. The molecule has 68 heavy (non-hydrogen) atoms. The second kappa shape index (κ2) is 24.1. The van der Waals surface area contributed by atoms with Gasteiger partial charge in [-0.2, -0.15) is 0 Å². The molecule has 0 spiro atoms. The van der Waals surface area contributed by atoms with Crippen molar-refractivity contribution >= 4 is 5.97 Å². The van der Waals surface area contributed by atoms with Crippen LogP contribution in [0.1, 0.15) is 38.5 Å². The molecule has 6 aliphatic rings. The first-order chi connectivity index (χ1) is 32.3. The summed E-state index contributed by atoms with van der Waals surface area (Å²) in [4.78, 5) is 10.8. The van der Waals surface area contributed by atoms with Gasteiger partial charge < -0.3 is 144 Å². The molecule has 0 aromatic heterocycles. The molecule has 0 aromatic rings. The minimum Gasteiger partial charge on any atom is -0.506 e. The number of ether oxygens (including phenoxy) is 12. The van der Waals surface area contributed by atoms with Crippen LogP contribution in [0.15, 0.2) is 23.0 Å². The minimum absolute atomic E-state index is 0.145. The highest BCUT2D eigenvalue weighted by Crippen LogP contribution is 2.44. The van der Waals surface area contributed by atoms with Gasteiger partial charge in [0, 0.05) is 26.1 Å². The number of hydrogen-bond acceptors (Lipinski definition) is 29. The molecule has 6 saturated heterocycles. The SMILES string of the molecule is NCCCCCO[C@@H]1OC2O[C@@H]2C(O[C@@H]2OC3O[C@@H]3C(O[C@H](O)/C(O)=C(/O)[C@@H](CCO)OC3OC4OC4C(O)C3O)C2O[C@@H](O)/C(O)=C(/O)[C@H](O)CCO[C@@H](O)C(O)C(O)[C@H](O)CC(=O)O)C1O. The topological polar surface area (TPSA) is 487 Å². The Morgan fingerprint density at radius 2 is 1.16 bits per heavy atom. The van der Waals surface area contributed by atoms with Crippen LogP contribution in [-0.4, -0.2) is 256 Å². The molecule has 13 unspecified atom stereocenters. The van der Waals surface area contributed by atoms with Crippen LogP contribution < -0.4 is 5.73 Å². The summed E-state index contributed by atoms with van der Waals surface area (Å²) < 4.78 is 66.4. The lowest BCUT2D eigenvalue weighted by Gasteiger charge is -2.40. The van der Waals surface area contributed by atoms with Gasteiger partial charge in [-0.05, 0) is 25.8 Å². The molecule has 0 bridgehead atoms. The number of nitrogens with two attached hydrogens (primary N) is 1. The van der Waals surface area contributed by atoms with E-state index in [1.54, 1.807) is 0 Å². The molecule has 0 radical (unpaired) electrons. The van der Waals surface area contributed by atoms with Gasteiger partial charge in [-0.15, -0.1) is 0 Å². The maximum Gasteiger partial charge on any atom is 0.306 e. The predicted molar refractivity (Wildman–Crippen MR) is 208 cm³/mol. The van der Waals surface area contributed by atoms with Crippen molar-refractivity contribution < 1.29 is 143 Å². The van der Waals surface area contributed by atoms with Crippen molar-refractivity contribution in [1.29, 1.82) is 0 Å². The van der Waals surface area contributed by atoms with Crippen LogP contribution in [0.3, 0.4) is 0 Å². The average molecular weight is 996 g/mol. The van der Waals surface area contributed by atoms with E-state index in [4.69, 9.17) is 67.7 Å². The summed E-state index contributed by atoms with van der Waals surface area (Å²) in [6.45, 7) is -0.832. The van der Waals surface area contributed by atoms with Crippen LogP contribution in [0.2, 0.25) is 0 Å². The number of hydrogen-bond donors (Lipinski definition) is 17. The van der Waals surface area contributed by atoms with E-state index in [9.17, 15) is 81.4 Å². The van der Waals surface area contributed by atoms with Gasteiger partial charge in [-0.1, -0.05) is 0 Å². The number of carbonyl (C=O) groups is 1. The van der Waals surface area contributed by atoms with Gasteiger partial charge in [-0.3, -0.25) is 4.79 Å². The molecule has 30 heteroatoms. The predicted octanol–water partition coefficient (Wildman–Crippen LogP) is -6.68. The van der Waals surface area contributed by atoms with Crippen molar-refractivity contribution in [3.05, 3.63) is 23.0 Å². The van der Waals surface area contributed by atoms with E-state index in [0.29, 0.717) is 19.4 Å². The standard InChI is InChI=1S/C38H61NO29/c39-6-2-1-3-8-58-33-23(53)24(27-36(64-27)66-33)62-37-28(61-31(55)20(50)15(45)11(41)5-9-57-30(54)19(49)16(46)12(42)10-14(43)44)26(29-38(65-29)68-37)60-32(56)21(51)17(47)13(4-7-40)59-34-22(52)18(48)25-35(63-25)67-34/h11-13,16,18-19,22-38,40-42,45-56H,1-10,39H2,(H,43,44)/b20-15-,21-17-/t11-,12-,13-,16?,18?,19?,22?,23?,24?,25?,26?,27-,28?,29-,30-,31-,32+,33-,34?,35?,36?,37-,38?/m1/s1. The normalized spacial score (nSPS) is 38.2. The molecule has 0 saturated carbocycles. The second-order valence-electron chi connectivity index (χ2n) is 16.5. The van der Waals surface area contributed by atoms with Crippen LogP contribution in [-0.2, 0) is 61.6 Å². The minimum atomic E-state index is -2.65. The van der Waals surface area contributed by atoms with Gasteiger partial charge >= 0.3 is 5.97 Å². The van der Waals surface area contributed by atoms with Gasteiger partial charge in [0.2, 0.25) is 12.6 Å². The fraction of sp³-hybridized carbons (Fsp3) is 0.868. The fourth-order valence-electron chi connectivity index (χ4n) is 7.43. The molecule has 0 amide bonds. The fourth-order valence-corrected chi connectivity index (χ4v) is 7.43. The third-order valence-electron chi connectivity index (χ3n) is 11.5. The highest BCUT2D eigenvalue weighted by Gasteiger charge is 2.64. The highest BCUT2D eigenvalue weighted by molar-refractivity contribution is 5.67. The molecular weight excluding hydrogens is 934 g/mol. The largest absolute Gasteiger partial charge is 0.506 e. The number of unbranched alkanes of at least 4 members (excludes halogenated alkanes) is 2. The molecule has 6 heterocycles.